The Morgan fingerprint density at radius 1 is 0.812 bits per heavy atom. The molecule has 88 valence electrons. The third-order valence-electron chi connectivity index (χ3n) is 2.50. The predicted octanol–water partition coefficient (Wildman–Crippen LogP) is 2.36. The molecule has 2 rings (SSSR count). The van der Waals surface area contributed by atoms with Gasteiger partial charge in [0.2, 0.25) is 0 Å². The molecule has 0 N–H and O–H groups in total. The Morgan fingerprint density at radius 3 is 1.50 bits per heavy atom. The zero-order chi connectivity index (χ0) is 11.1. The van der Waals surface area contributed by atoms with Crippen LogP contribution < -0.4 is 0 Å². The maximum Gasteiger partial charge on any atom is 0.0129 e. The Hall–Kier alpha value is 0.479. The fraction of sp³-hybridized carbons (Fsp3) is 0.286. The van der Waals surface area contributed by atoms with E-state index in [2.05, 4.69) is 51.6 Å². The minimum absolute atomic E-state index is 0. The number of nitrogens with zero attached hydrogens (tertiary/aromatic N) is 1. The van der Waals surface area contributed by atoms with Crippen LogP contribution in [0.1, 0.15) is 6.92 Å². The van der Waals surface area contributed by atoms with Crippen LogP contribution in [0.3, 0.4) is 0 Å². The van der Waals surface area contributed by atoms with Crippen molar-refractivity contribution < 1.29 is 17.1 Å². The van der Waals surface area contributed by atoms with Gasteiger partial charge >= 0.3 is 0 Å². The SMILES string of the molecule is C[C@@H]([C]1[CH][CH][CH][CH]1)N(C)C.[CH]1[CH][CH][CH][CH]1.[Fe]. The van der Waals surface area contributed by atoms with E-state index in [9.17, 15) is 0 Å². The van der Waals surface area contributed by atoms with Gasteiger partial charge in [-0.3, -0.25) is 0 Å². The van der Waals surface area contributed by atoms with Crippen molar-refractivity contribution >= 4 is 0 Å². The summed E-state index contributed by atoms with van der Waals surface area (Å²) >= 11 is 0. The molecule has 0 spiro atoms. The molecule has 0 unspecified atom stereocenters. The van der Waals surface area contributed by atoms with Gasteiger partial charge in [-0.05, 0) is 78.8 Å². The van der Waals surface area contributed by atoms with Crippen LogP contribution in [0.5, 0.6) is 0 Å². The molecular weight excluding hydrogens is 238 g/mol. The van der Waals surface area contributed by atoms with Gasteiger partial charge in [-0.2, -0.15) is 0 Å². The van der Waals surface area contributed by atoms with Crippen molar-refractivity contribution in [3.63, 3.8) is 0 Å². The Kier molecular flexibility index (Phi) is 9.79. The molecule has 0 aromatic carbocycles. The summed E-state index contributed by atoms with van der Waals surface area (Å²) in [6, 6.07) is 0.537. The van der Waals surface area contributed by atoms with Gasteiger partial charge in [-0.1, -0.05) is 0 Å². The molecule has 10 radical (unpaired) electrons. The average molecular weight is 257 g/mol. The minimum Gasteiger partial charge on any atom is -0.306 e. The molecule has 0 heterocycles. The van der Waals surface area contributed by atoms with Crippen LogP contribution in [-0.2, 0) is 17.1 Å². The molecule has 2 aliphatic carbocycles. The molecule has 0 amide bonds. The summed E-state index contributed by atoms with van der Waals surface area (Å²) < 4.78 is 0. The topological polar surface area (TPSA) is 3.24 Å². The minimum atomic E-state index is 0. The van der Waals surface area contributed by atoms with Crippen molar-refractivity contribution in [3.05, 3.63) is 63.7 Å². The van der Waals surface area contributed by atoms with E-state index in [-0.39, 0.29) is 17.1 Å². The first kappa shape index (κ1) is 16.5. The van der Waals surface area contributed by atoms with E-state index in [0.717, 1.165) is 0 Å². The van der Waals surface area contributed by atoms with Gasteiger partial charge in [-0.25, -0.2) is 0 Å². The monoisotopic (exact) mass is 257 g/mol. The zero-order valence-corrected chi connectivity index (χ0v) is 11.2. The first-order valence-electron chi connectivity index (χ1n) is 5.26. The van der Waals surface area contributed by atoms with E-state index >= 15 is 0 Å². The van der Waals surface area contributed by atoms with Crippen LogP contribution in [0.25, 0.3) is 0 Å². The summed E-state index contributed by atoms with van der Waals surface area (Å²) in [5.74, 6) is 1.39. The van der Waals surface area contributed by atoms with E-state index in [1.165, 1.54) is 5.92 Å². The molecule has 2 saturated carbocycles. The number of rotatable bonds is 2. The summed E-state index contributed by atoms with van der Waals surface area (Å²) in [7, 11) is 4.19. The quantitative estimate of drug-likeness (QED) is 0.686. The molecule has 0 aromatic rings. The Morgan fingerprint density at radius 2 is 1.19 bits per heavy atom. The molecule has 0 bridgehead atoms. The van der Waals surface area contributed by atoms with Crippen LogP contribution in [0.4, 0.5) is 0 Å². The average Bonchev–Trinajstić information content (AvgIpc) is 2.92. The van der Waals surface area contributed by atoms with Gasteiger partial charge in [0.25, 0.3) is 0 Å². The van der Waals surface area contributed by atoms with Crippen molar-refractivity contribution in [2.75, 3.05) is 14.1 Å². The second kappa shape index (κ2) is 9.50. The van der Waals surface area contributed by atoms with E-state index in [4.69, 9.17) is 0 Å². The van der Waals surface area contributed by atoms with Gasteiger partial charge in [-0.15, -0.1) is 0 Å². The van der Waals surface area contributed by atoms with Gasteiger partial charge < -0.3 is 4.90 Å². The van der Waals surface area contributed by atoms with Crippen molar-refractivity contribution in [3.8, 4) is 0 Å². The molecule has 2 heteroatoms. The Balaban J connectivity index is 0.000000318. The van der Waals surface area contributed by atoms with Gasteiger partial charge in [0.1, 0.15) is 0 Å². The summed E-state index contributed by atoms with van der Waals surface area (Å²) in [4.78, 5) is 2.20. The second-order valence-corrected chi connectivity index (χ2v) is 3.82. The summed E-state index contributed by atoms with van der Waals surface area (Å²) in [5.41, 5.74) is 0. The summed E-state index contributed by atoms with van der Waals surface area (Å²) in [5, 5.41) is 0. The molecule has 0 aliphatic heterocycles. The smallest absolute Gasteiger partial charge is 0.0129 e. The predicted molar refractivity (Wildman–Crippen MR) is 65.1 cm³/mol. The van der Waals surface area contributed by atoms with E-state index in [0.29, 0.717) is 6.04 Å². The largest absolute Gasteiger partial charge is 0.306 e. The molecule has 2 aliphatic rings. The van der Waals surface area contributed by atoms with Crippen LogP contribution in [-0.4, -0.2) is 25.0 Å². The summed E-state index contributed by atoms with van der Waals surface area (Å²) in [6.07, 6.45) is 18.5. The summed E-state index contributed by atoms with van der Waals surface area (Å²) in [6.45, 7) is 2.20. The van der Waals surface area contributed by atoms with Crippen LogP contribution in [0.15, 0.2) is 0 Å². The molecule has 1 nitrogen and oxygen atoms in total. The molecule has 16 heavy (non-hydrogen) atoms. The third kappa shape index (κ3) is 6.27. The Labute approximate surface area is 113 Å². The van der Waals surface area contributed by atoms with Gasteiger partial charge in [0.05, 0.1) is 0 Å². The number of hydrogen-bond donors (Lipinski definition) is 0. The van der Waals surface area contributed by atoms with E-state index < -0.39 is 0 Å². The molecule has 0 saturated heterocycles. The molecular formula is C14H19FeN. The zero-order valence-electron chi connectivity index (χ0n) is 10.1. The first-order chi connectivity index (χ1) is 7.22. The second-order valence-electron chi connectivity index (χ2n) is 3.82. The van der Waals surface area contributed by atoms with Crippen molar-refractivity contribution in [1.82, 2.24) is 4.90 Å². The van der Waals surface area contributed by atoms with Crippen molar-refractivity contribution in [2.45, 2.75) is 13.0 Å². The van der Waals surface area contributed by atoms with Crippen LogP contribution in [0.2, 0.25) is 0 Å². The van der Waals surface area contributed by atoms with Gasteiger partial charge in [0, 0.05) is 29.0 Å². The fourth-order valence-corrected chi connectivity index (χ4v) is 1.29. The molecule has 0 aromatic heterocycles. The maximum absolute atomic E-state index is 2.20. The van der Waals surface area contributed by atoms with Crippen molar-refractivity contribution in [2.24, 2.45) is 0 Å². The number of hydrogen-bond acceptors (Lipinski definition) is 1. The molecule has 1 atom stereocenters. The standard InChI is InChI=1S/C9H14N.C5H5.Fe/c1-8(10(2)3)9-6-4-5-7-9;1-2-4-5-3-1;/h4-8H,1-3H3;1-5H;/t8-;;/m0../s1. The van der Waals surface area contributed by atoms with E-state index in [1.807, 2.05) is 32.1 Å². The Bertz CT molecular complexity index is 141. The van der Waals surface area contributed by atoms with E-state index in [1.54, 1.807) is 0 Å². The van der Waals surface area contributed by atoms with Crippen molar-refractivity contribution in [1.29, 1.82) is 0 Å². The van der Waals surface area contributed by atoms with Crippen LogP contribution in [0, 0.1) is 63.7 Å². The van der Waals surface area contributed by atoms with Gasteiger partial charge in [0.15, 0.2) is 0 Å². The third-order valence-corrected chi connectivity index (χ3v) is 2.50. The van der Waals surface area contributed by atoms with Crippen LogP contribution >= 0.6 is 0 Å². The first-order valence-corrected chi connectivity index (χ1v) is 5.26. The molecule has 2 fully saturated rings. The maximum atomic E-state index is 2.20. The normalized spacial score (nSPS) is 22.5. The fourth-order valence-electron chi connectivity index (χ4n) is 1.29.